The number of aliphatic hydroxyl groups is 1. The molecule has 0 aromatic rings. The first-order chi connectivity index (χ1) is 6.46. The molecule has 0 amide bonds. The molecule has 84 valence electrons. The highest BCUT2D eigenvalue weighted by molar-refractivity contribution is 4.84. The Kier molecular flexibility index (Phi) is 3.96. The smallest absolute Gasteiger partial charge is 0.0690 e. The van der Waals surface area contributed by atoms with Crippen LogP contribution in [0.15, 0.2) is 0 Å². The molecule has 1 heterocycles. The summed E-state index contributed by atoms with van der Waals surface area (Å²) in [6, 6.07) is 0.319. The highest BCUT2D eigenvalue weighted by Gasteiger charge is 2.30. The first kappa shape index (κ1) is 12.0. The van der Waals surface area contributed by atoms with Gasteiger partial charge in [-0.2, -0.15) is 0 Å². The van der Waals surface area contributed by atoms with E-state index in [1.54, 1.807) is 0 Å². The molecule has 14 heavy (non-hydrogen) atoms. The van der Waals surface area contributed by atoms with Crippen LogP contribution in [0.25, 0.3) is 0 Å². The maximum absolute atomic E-state index is 9.81. The van der Waals surface area contributed by atoms with Crippen LogP contribution >= 0.6 is 0 Å². The second kappa shape index (κ2) is 4.63. The van der Waals surface area contributed by atoms with Crippen LogP contribution < -0.4 is 0 Å². The number of piperidine rings is 1. The lowest BCUT2D eigenvalue weighted by Crippen LogP contribution is -2.49. The third-order valence-electron chi connectivity index (χ3n) is 3.48. The molecule has 0 radical (unpaired) electrons. The zero-order valence-corrected chi connectivity index (χ0v) is 10.1. The first-order valence-corrected chi connectivity index (χ1v) is 5.88. The third-order valence-corrected chi connectivity index (χ3v) is 3.48. The lowest BCUT2D eigenvalue weighted by atomic mass is 9.83. The minimum absolute atomic E-state index is 0.163. The van der Waals surface area contributed by atoms with E-state index < -0.39 is 0 Å². The Labute approximate surface area is 88.3 Å². The predicted molar refractivity (Wildman–Crippen MR) is 60.3 cm³/mol. The molecule has 2 unspecified atom stereocenters. The van der Waals surface area contributed by atoms with Crippen molar-refractivity contribution in [2.75, 3.05) is 13.1 Å². The molecule has 0 aromatic carbocycles. The lowest BCUT2D eigenvalue weighted by Gasteiger charge is -2.42. The number of likely N-dealkylation sites (tertiary alicyclic amines) is 1. The SMILES string of the molecule is CCC(O)C(C)N1CCCC(C)(C)C1. The van der Waals surface area contributed by atoms with E-state index in [2.05, 4.69) is 32.6 Å². The van der Waals surface area contributed by atoms with Crippen molar-refractivity contribution < 1.29 is 5.11 Å². The first-order valence-electron chi connectivity index (χ1n) is 5.88. The topological polar surface area (TPSA) is 23.5 Å². The Morgan fingerprint density at radius 2 is 2.07 bits per heavy atom. The summed E-state index contributed by atoms with van der Waals surface area (Å²) in [6.45, 7) is 11.1. The van der Waals surface area contributed by atoms with Crippen LogP contribution in [0.4, 0.5) is 0 Å². The summed E-state index contributed by atoms with van der Waals surface area (Å²) in [5.41, 5.74) is 0.431. The number of hydrogen-bond acceptors (Lipinski definition) is 2. The molecular formula is C12H25NO. The van der Waals surface area contributed by atoms with Crippen molar-refractivity contribution in [3.05, 3.63) is 0 Å². The molecule has 1 rings (SSSR count). The van der Waals surface area contributed by atoms with Gasteiger partial charge in [-0.25, -0.2) is 0 Å². The van der Waals surface area contributed by atoms with E-state index in [9.17, 15) is 5.11 Å². The highest BCUT2D eigenvalue weighted by atomic mass is 16.3. The van der Waals surface area contributed by atoms with Gasteiger partial charge in [0.15, 0.2) is 0 Å². The summed E-state index contributed by atoms with van der Waals surface area (Å²) >= 11 is 0. The van der Waals surface area contributed by atoms with E-state index in [4.69, 9.17) is 0 Å². The van der Waals surface area contributed by atoms with Gasteiger partial charge in [0.05, 0.1) is 6.10 Å². The summed E-state index contributed by atoms with van der Waals surface area (Å²) in [4.78, 5) is 2.44. The lowest BCUT2D eigenvalue weighted by molar-refractivity contribution is 0.0131. The number of hydrogen-bond donors (Lipinski definition) is 1. The zero-order valence-electron chi connectivity index (χ0n) is 10.1. The number of rotatable bonds is 3. The van der Waals surface area contributed by atoms with Crippen molar-refractivity contribution >= 4 is 0 Å². The van der Waals surface area contributed by atoms with E-state index in [1.165, 1.54) is 12.8 Å². The Hall–Kier alpha value is -0.0800. The van der Waals surface area contributed by atoms with E-state index in [0.29, 0.717) is 11.5 Å². The summed E-state index contributed by atoms with van der Waals surface area (Å²) < 4.78 is 0. The maximum Gasteiger partial charge on any atom is 0.0690 e. The van der Waals surface area contributed by atoms with Gasteiger partial charge >= 0.3 is 0 Å². The van der Waals surface area contributed by atoms with Gasteiger partial charge in [0.25, 0.3) is 0 Å². The second-order valence-electron chi connectivity index (χ2n) is 5.45. The van der Waals surface area contributed by atoms with E-state index >= 15 is 0 Å². The average molecular weight is 199 g/mol. The molecule has 1 aliphatic rings. The molecule has 0 aromatic heterocycles. The second-order valence-corrected chi connectivity index (χ2v) is 5.45. The van der Waals surface area contributed by atoms with Crippen molar-refractivity contribution in [3.8, 4) is 0 Å². The van der Waals surface area contributed by atoms with Gasteiger partial charge in [0, 0.05) is 12.6 Å². The monoisotopic (exact) mass is 199 g/mol. The molecule has 1 N–H and O–H groups in total. The molecule has 2 heteroatoms. The van der Waals surface area contributed by atoms with E-state index in [-0.39, 0.29) is 6.10 Å². The summed E-state index contributed by atoms with van der Waals surface area (Å²) in [5.74, 6) is 0. The Balaban J connectivity index is 2.51. The van der Waals surface area contributed by atoms with Gasteiger partial charge in [-0.3, -0.25) is 4.90 Å². The Morgan fingerprint density at radius 3 is 2.57 bits per heavy atom. The van der Waals surface area contributed by atoms with Gasteiger partial charge < -0.3 is 5.11 Å². The molecule has 1 saturated heterocycles. The van der Waals surface area contributed by atoms with Gasteiger partial charge in [-0.15, -0.1) is 0 Å². The van der Waals surface area contributed by atoms with Crippen LogP contribution in [-0.2, 0) is 0 Å². The molecule has 0 bridgehead atoms. The van der Waals surface area contributed by atoms with Crippen LogP contribution in [0, 0.1) is 5.41 Å². The molecule has 1 fully saturated rings. The molecule has 0 aliphatic carbocycles. The molecule has 2 atom stereocenters. The normalized spacial score (nSPS) is 27.2. The van der Waals surface area contributed by atoms with Gasteiger partial charge in [-0.05, 0) is 38.1 Å². The largest absolute Gasteiger partial charge is 0.392 e. The predicted octanol–water partition coefficient (Wildman–Crippen LogP) is 2.27. The van der Waals surface area contributed by atoms with Crippen LogP contribution in [0.5, 0.6) is 0 Å². The van der Waals surface area contributed by atoms with Crippen LogP contribution in [0.3, 0.4) is 0 Å². The van der Waals surface area contributed by atoms with Crippen molar-refractivity contribution in [1.29, 1.82) is 0 Å². The summed E-state index contributed by atoms with van der Waals surface area (Å²) in [7, 11) is 0. The van der Waals surface area contributed by atoms with Crippen LogP contribution in [0.2, 0.25) is 0 Å². The Bertz CT molecular complexity index is 179. The minimum atomic E-state index is -0.163. The molecular weight excluding hydrogens is 174 g/mol. The Morgan fingerprint density at radius 1 is 1.43 bits per heavy atom. The molecule has 0 saturated carbocycles. The average Bonchev–Trinajstić information content (AvgIpc) is 2.14. The fourth-order valence-corrected chi connectivity index (χ4v) is 2.40. The van der Waals surface area contributed by atoms with Crippen LogP contribution in [-0.4, -0.2) is 35.2 Å². The van der Waals surface area contributed by atoms with Crippen LogP contribution in [0.1, 0.15) is 47.0 Å². The van der Waals surface area contributed by atoms with E-state index in [1.807, 2.05) is 0 Å². The zero-order chi connectivity index (χ0) is 10.8. The maximum atomic E-state index is 9.81. The molecule has 1 aliphatic heterocycles. The van der Waals surface area contributed by atoms with Crippen molar-refractivity contribution in [2.24, 2.45) is 5.41 Å². The highest BCUT2D eigenvalue weighted by Crippen LogP contribution is 2.30. The summed E-state index contributed by atoms with van der Waals surface area (Å²) in [5, 5.41) is 9.81. The van der Waals surface area contributed by atoms with Gasteiger partial charge in [0.2, 0.25) is 0 Å². The molecule has 0 spiro atoms. The quantitative estimate of drug-likeness (QED) is 0.753. The third kappa shape index (κ3) is 2.96. The van der Waals surface area contributed by atoms with Gasteiger partial charge in [-0.1, -0.05) is 20.8 Å². The summed E-state index contributed by atoms with van der Waals surface area (Å²) in [6.07, 6.45) is 3.29. The standard InChI is InChI=1S/C12H25NO/c1-5-11(14)10(2)13-8-6-7-12(3,4)9-13/h10-11,14H,5-9H2,1-4H3. The molecule has 2 nitrogen and oxygen atoms in total. The van der Waals surface area contributed by atoms with Gasteiger partial charge in [0.1, 0.15) is 0 Å². The minimum Gasteiger partial charge on any atom is -0.392 e. The van der Waals surface area contributed by atoms with E-state index in [0.717, 1.165) is 19.5 Å². The fourth-order valence-electron chi connectivity index (χ4n) is 2.40. The number of aliphatic hydroxyl groups excluding tert-OH is 1. The fraction of sp³-hybridized carbons (Fsp3) is 1.00. The van der Waals surface area contributed by atoms with Crippen molar-refractivity contribution in [3.63, 3.8) is 0 Å². The van der Waals surface area contributed by atoms with Crippen molar-refractivity contribution in [1.82, 2.24) is 4.90 Å². The number of nitrogens with zero attached hydrogens (tertiary/aromatic N) is 1. The van der Waals surface area contributed by atoms with Crippen molar-refractivity contribution in [2.45, 2.75) is 59.1 Å².